The van der Waals surface area contributed by atoms with Crippen molar-refractivity contribution in [2.75, 3.05) is 20.2 Å². The largest absolute Gasteiger partial charge is 0.497 e. The van der Waals surface area contributed by atoms with E-state index >= 15 is 0 Å². The van der Waals surface area contributed by atoms with Crippen LogP contribution in [-0.4, -0.2) is 36.0 Å². The van der Waals surface area contributed by atoms with Crippen LogP contribution < -0.4 is 4.74 Å². The van der Waals surface area contributed by atoms with Crippen LogP contribution in [0.2, 0.25) is 0 Å². The van der Waals surface area contributed by atoms with Crippen molar-refractivity contribution in [3.8, 4) is 5.75 Å². The van der Waals surface area contributed by atoms with Gasteiger partial charge in [-0.2, -0.15) is 0 Å². The number of benzene rings is 2. The smallest absolute Gasteiger partial charge is 0.223 e. The van der Waals surface area contributed by atoms with Gasteiger partial charge in [0.25, 0.3) is 0 Å². The van der Waals surface area contributed by atoms with Gasteiger partial charge in [0, 0.05) is 42.5 Å². The summed E-state index contributed by atoms with van der Waals surface area (Å²) in [5, 5.41) is 1.21. The Balaban J connectivity index is 1.77. The van der Waals surface area contributed by atoms with E-state index in [1.807, 2.05) is 17.0 Å². The third kappa shape index (κ3) is 3.51. The van der Waals surface area contributed by atoms with Crippen molar-refractivity contribution < 1.29 is 9.53 Å². The number of hydrogen-bond donors (Lipinski definition) is 1. The van der Waals surface area contributed by atoms with Gasteiger partial charge in [0.2, 0.25) is 5.91 Å². The summed E-state index contributed by atoms with van der Waals surface area (Å²) in [7, 11) is 1.68. The van der Waals surface area contributed by atoms with Crippen molar-refractivity contribution in [2.45, 2.75) is 38.5 Å². The summed E-state index contributed by atoms with van der Waals surface area (Å²) in [4.78, 5) is 18.5. The van der Waals surface area contributed by atoms with E-state index in [9.17, 15) is 4.79 Å². The molecule has 0 aliphatic carbocycles. The van der Waals surface area contributed by atoms with Crippen molar-refractivity contribution in [1.82, 2.24) is 9.88 Å². The molecule has 2 aromatic carbocycles. The van der Waals surface area contributed by atoms with Crippen molar-refractivity contribution in [3.05, 3.63) is 65.4 Å². The number of carbonyl (C=O) groups is 1. The van der Waals surface area contributed by atoms with Crippen LogP contribution in [0.3, 0.4) is 0 Å². The highest BCUT2D eigenvalue weighted by Gasteiger charge is 2.26. The Bertz CT molecular complexity index is 970. The van der Waals surface area contributed by atoms with Gasteiger partial charge in [-0.25, -0.2) is 0 Å². The zero-order valence-corrected chi connectivity index (χ0v) is 16.7. The van der Waals surface area contributed by atoms with Gasteiger partial charge in [-0.15, -0.1) is 0 Å². The maximum atomic E-state index is 13.0. The molecule has 0 spiro atoms. The molecule has 2 heterocycles. The van der Waals surface area contributed by atoms with Crippen LogP contribution in [0.1, 0.15) is 48.8 Å². The van der Waals surface area contributed by atoms with Gasteiger partial charge in [-0.1, -0.05) is 37.3 Å². The zero-order chi connectivity index (χ0) is 19.5. The predicted octanol–water partition coefficient (Wildman–Crippen LogP) is 4.88. The van der Waals surface area contributed by atoms with E-state index in [0.29, 0.717) is 6.42 Å². The number of fused-ring (bicyclic) bond motifs is 1. The molecule has 1 N–H and O–H groups in total. The minimum atomic E-state index is 0.00376. The summed E-state index contributed by atoms with van der Waals surface area (Å²) in [6.07, 6.45) is 5.78. The highest BCUT2D eigenvalue weighted by Crippen LogP contribution is 2.36. The molecule has 4 nitrogen and oxygen atoms in total. The molecule has 3 aromatic rings. The highest BCUT2D eigenvalue weighted by molar-refractivity contribution is 5.88. The van der Waals surface area contributed by atoms with Crippen LogP contribution in [-0.2, 0) is 11.2 Å². The fraction of sp³-hybridized carbons (Fsp3) is 0.375. The van der Waals surface area contributed by atoms with Gasteiger partial charge < -0.3 is 14.6 Å². The number of carbonyl (C=O) groups excluding carboxylic acids is 1. The van der Waals surface area contributed by atoms with Crippen LogP contribution in [0.4, 0.5) is 0 Å². The molecule has 1 saturated heterocycles. The summed E-state index contributed by atoms with van der Waals surface area (Å²) in [5.74, 6) is 1.07. The molecule has 1 aromatic heterocycles. The number of rotatable bonds is 6. The average molecular weight is 376 g/mol. The first-order chi connectivity index (χ1) is 13.7. The normalized spacial score (nSPS) is 15.1. The average Bonchev–Trinajstić information content (AvgIpc) is 3.42. The van der Waals surface area contributed by atoms with Crippen LogP contribution in [0.15, 0.2) is 48.7 Å². The van der Waals surface area contributed by atoms with Crippen molar-refractivity contribution in [2.24, 2.45) is 0 Å². The van der Waals surface area contributed by atoms with E-state index in [1.165, 1.54) is 22.0 Å². The molecular formula is C24H28N2O2. The topological polar surface area (TPSA) is 45.3 Å². The number of H-pyrrole nitrogens is 1. The second-order valence-electron chi connectivity index (χ2n) is 7.56. The summed E-state index contributed by atoms with van der Waals surface area (Å²) < 4.78 is 5.45. The number of ether oxygens (including phenoxy) is 1. The minimum absolute atomic E-state index is 0.00376. The first-order valence-electron chi connectivity index (χ1n) is 10.2. The molecule has 1 unspecified atom stereocenters. The number of aryl methyl sites for hydroxylation is 1. The SMILES string of the molecule is CCc1cccc2c(C(CC(=O)N3CCCC3)c3cccc(OC)c3)c[nH]c12. The van der Waals surface area contributed by atoms with E-state index in [4.69, 9.17) is 4.74 Å². The minimum Gasteiger partial charge on any atom is -0.497 e. The summed E-state index contributed by atoms with van der Waals surface area (Å²) >= 11 is 0. The summed E-state index contributed by atoms with van der Waals surface area (Å²) in [6.45, 7) is 3.95. The quantitative estimate of drug-likeness (QED) is 0.666. The summed E-state index contributed by atoms with van der Waals surface area (Å²) in [5.41, 5.74) is 4.79. The molecule has 4 rings (SSSR count). The third-order valence-electron chi connectivity index (χ3n) is 5.92. The zero-order valence-electron chi connectivity index (χ0n) is 16.7. The first-order valence-corrected chi connectivity index (χ1v) is 10.2. The third-order valence-corrected chi connectivity index (χ3v) is 5.92. The molecule has 1 amide bonds. The monoisotopic (exact) mass is 376 g/mol. The maximum Gasteiger partial charge on any atom is 0.223 e. The fourth-order valence-corrected chi connectivity index (χ4v) is 4.36. The first kappa shape index (κ1) is 18.6. The lowest BCUT2D eigenvalue weighted by atomic mass is 9.87. The van der Waals surface area contributed by atoms with Crippen LogP contribution in [0.5, 0.6) is 5.75 Å². The maximum absolute atomic E-state index is 13.0. The molecule has 4 heteroatoms. The molecule has 146 valence electrons. The van der Waals surface area contributed by atoms with E-state index in [1.54, 1.807) is 7.11 Å². The molecule has 0 radical (unpaired) electrons. The lowest BCUT2D eigenvalue weighted by Gasteiger charge is -2.22. The molecule has 0 bridgehead atoms. The van der Waals surface area contributed by atoms with Gasteiger partial charge >= 0.3 is 0 Å². The molecule has 1 fully saturated rings. The predicted molar refractivity (Wildman–Crippen MR) is 113 cm³/mol. The Morgan fingerprint density at radius 1 is 1.18 bits per heavy atom. The second-order valence-corrected chi connectivity index (χ2v) is 7.56. The lowest BCUT2D eigenvalue weighted by Crippen LogP contribution is -2.29. The Kier molecular flexibility index (Phi) is 5.38. The molecular weight excluding hydrogens is 348 g/mol. The van der Waals surface area contributed by atoms with Gasteiger partial charge in [0.05, 0.1) is 7.11 Å². The van der Waals surface area contributed by atoms with Gasteiger partial charge in [-0.05, 0) is 48.1 Å². The molecule has 0 saturated carbocycles. The van der Waals surface area contributed by atoms with E-state index in [2.05, 4.69) is 48.4 Å². The Hall–Kier alpha value is -2.75. The highest BCUT2D eigenvalue weighted by atomic mass is 16.5. The van der Waals surface area contributed by atoms with Crippen molar-refractivity contribution >= 4 is 16.8 Å². The number of likely N-dealkylation sites (tertiary alicyclic amines) is 1. The standard InChI is InChI=1S/C24H28N2O2/c1-3-17-8-7-11-20-22(16-25-24(17)20)21(15-23(27)26-12-4-5-13-26)18-9-6-10-19(14-18)28-2/h6-11,14,16,21,25H,3-5,12-13,15H2,1-2H3. The molecule has 1 atom stereocenters. The van der Waals surface area contributed by atoms with E-state index in [0.717, 1.165) is 43.7 Å². The Morgan fingerprint density at radius 2 is 1.96 bits per heavy atom. The van der Waals surface area contributed by atoms with E-state index < -0.39 is 0 Å². The number of methoxy groups -OCH3 is 1. The van der Waals surface area contributed by atoms with Gasteiger partial charge in [-0.3, -0.25) is 4.79 Å². The Labute approximate surface area is 166 Å². The number of para-hydroxylation sites is 1. The number of aromatic amines is 1. The van der Waals surface area contributed by atoms with Gasteiger partial charge in [0.1, 0.15) is 5.75 Å². The summed E-state index contributed by atoms with van der Waals surface area (Å²) in [6, 6.07) is 14.6. The van der Waals surface area contributed by atoms with Crippen LogP contribution in [0, 0.1) is 0 Å². The molecule has 28 heavy (non-hydrogen) atoms. The van der Waals surface area contributed by atoms with Gasteiger partial charge in [0.15, 0.2) is 0 Å². The molecule has 1 aliphatic rings. The number of aromatic nitrogens is 1. The van der Waals surface area contributed by atoms with Crippen molar-refractivity contribution in [3.63, 3.8) is 0 Å². The Morgan fingerprint density at radius 3 is 2.71 bits per heavy atom. The van der Waals surface area contributed by atoms with Crippen LogP contribution >= 0.6 is 0 Å². The van der Waals surface area contributed by atoms with Crippen molar-refractivity contribution in [1.29, 1.82) is 0 Å². The number of nitrogens with zero attached hydrogens (tertiary/aromatic N) is 1. The molecule has 1 aliphatic heterocycles. The second kappa shape index (κ2) is 8.09. The van der Waals surface area contributed by atoms with Crippen LogP contribution in [0.25, 0.3) is 10.9 Å². The number of hydrogen-bond acceptors (Lipinski definition) is 2. The number of nitrogens with one attached hydrogen (secondary N) is 1. The van der Waals surface area contributed by atoms with E-state index in [-0.39, 0.29) is 11.8 Å². The number of amides is 1. The fourth-order valence-electron chi connectivity index (χ4n) is 4.36. The lowest BCUT2D eigenvalue weighted by molar-refractivity contribution is -0.130.